The van der Waals surface area contributed by atoms with Crippen molar-refractivity contribution >= 4 is 12.3 Å². The topological polar surface area (TPSA) is 71.1 Å². The number of ether oxygens (including phenoxy) is 2. The minimum Gasteiger partial charge on any atom is -0.432 e. The lowest BCUT2D eigenvalue weighted by molar-refractivity contribution is -0.217. The van der Waals surface area contributed by atoms with Crippen LogP contribution in [0.3, 0.4) is 0 Å². The molecule has 0 aliphatic carbocycles. The fraction of sp³-hybridized carbons (Fsp3) is 0.952. The Morgan fingerprint density at radius 2 is 0.438 bits per heavy atom. The number of carbonyl (C=O) groups excluding carboxylic acids is 2. The van der Waals surface area contributed by atoms with Crippen LogP contribution >= 0.6 is 0 Å². The molecule has 0 amide bonds. The zero-order chi connectivity index (χ0) is 34.9. The minimum absolute atomic E-state index is 0.273. The summed E-state index contributed by atoms with van der Waals surface area (Å²) in [7, 11) is 0. The molecule has 0 aliphatic rings. The molecule has 0 aromatic rings. The summed E-state index contributed by atoms with van der Waals surface area (Å²) in [5.41, 5.74) is 0. The lowest BCUT2D eigenvalue weighted by Gasteiger charge is -2.06. The molecule has 48 heavy (non-hydrogen) atoms. The van der Waals surface area contributed by atoms with Gasteiger partial charge in [-0.3, -0.25) is 0 Å². The van der Waals surface area contributed by atoms with Gasteiger partial charge in [0.2, 0.25) is 0 Å². The van der Waals surface area contributed by atoms with Crippen LogP contribution in [0.25, 0.3) is 0 Å². The van der Waals surface area contributed by atoms with Crippen molar-refractivity contribution in [2.45, 2.75) is 245 Å². The van der Waals surface area contributed by atoms with E-state index in [1.54, 1.807) is 0 Å². The summed E-state index contributed by atoms with van der Waals surface area (Å²) in [5, 5.41) is 0. The van der Waals surface area contributed by atoms with Crippen molar-refractivity contribution in [1.29, 1.82) is 0 Å². The molecule has 0 aliphatic heterocycles. The second kappa shape index (κ2) is 41.7. The van der Waals surface area contributed by atoms with Crippen molar-refractivity contribution in [3.05, 3.63) is 0 Å². The summed E-state index contributed by atoms with van der Waals surface area (Å²) >= 11 is 0. The van der Waals surface area contributed by atoms with Gasteiger partial charge in [0.1, 0.15) is 0 Å². The maximum absolute atomic E-state index is 11.6. The zero-order valence-electron chi connectivity index (χ0n) is 32.3. The molecule has 0 saturated carbocycles. The average molecular weight is 683 g/mol. The first-order chi connectivity index (χ1) is 23.7. The molecule has 0 unspecified atom stereocenters. The molecule has 286 valence electrons. The number of hydrogen-bond acceptors (Lipinski definition) is 6. The molecule has 0 spiro atoms. The van der Waals surface area contributed by atoms with Crippen LogP contribution in [-0.4, -0.2) is 25.5 Å². The van der Waals surface area contributed by atoms with Gasteiger partial charge < -0.3 is 9.47 Å². The van der Waals surface area contributed by atoms with Crippen molar-refractivity contribution in [3.63, 3.8) is 0 Å². The molecule has 0 N–H and O–H groups in total. The monoisotopic (exact) mass is 683 g/mol. The Morgan fingerprint density at radius 3 is 0.625 bits per heavy atom. The molecule has 0 bridgehead atoms. The molecular weight excluding hydrogens is 600 g/mol. The number of unbranched alkanes of at least 4 members (excludes halogenated alkanes) is 34. The lowest BCUT2D eigenvalue weighted by atomic mass is 10.0. The molecule has 0 radical (unpaired) electrons. The van der Waals surface area contributed by atoms with Crippen LogP contribution in [0.15, 0.2) is 0 Å². The van der Waals surface area contributed by atoms with Gasteiger partial charge in [0, 0.05) is 0 Å². The van der Waals surface area contributed by atoms with Gasteiger partial charge in [-0.2, -0.15) is 19.4 Å². The van der Waals surface area contributed by atoms with Gasteiger partial charge in [-0.05, 0) is 12.8 Å². The highest BCUT2D eigenvalue weighted by atomic mass is 17.3. The minimum atomic E-state index is -0.993. The van der Waals surface area contributed by atoms with Gasteiger partial charge in [0.05, 0.1) is 13.2 Å². The van der Waals surface area contributed by atoms with Crippen molar-refractivity contribution < 1.29 is 28.8 Å². The van der Waals surface area contributed by atoms with E-state index in [1.165, 1.54) is 193 Å². The van der Waals surface area contributed by atoms with Crippen molar-refractivity contribution in [1.82, 2.24) is 0 Å². The fourth-order valence-corrected chi connectivity index (χ4v) is 6.43. The van der Waals surface area contributed by atoms with Crippen LogP contribution < -0.4 is 0 Å². The Bertz CT molecular complexity index is 586. The van der Waals surface area contributed by atoms with E-state index in [1.807, 2.05) is 0 Å². The van der Waals surface area contributed by atoms with E-state index in [-0.39, 0.29) is 13.2 Å². The second-order valence-corrected chi connectivity index (χ2v) is 14.4. The predicted octanol–water partition coefficient (Wildman–Crippen LogP) is 15.3. The van der Waals surface area contributed by atoms with Gasteiger partial charge in [0.15, 0.2) is 0 Å². The van der Waals surface area contributed by atoms with E-state index in [2.05, 4.69) is 23.6 Å². The Hall–Kier alpha value is -1.46. The van der Waals surface area contributed by atoms with Gasteiger partial charge in [-0.15, -0.1) is 0 Å². The molecule has 0 fully saturated rings. The third kappa shape index (κ3) is 40.7. The highest BCUT2D eigenvalue weighted by Gasteiger charge is 2.11. The largest absolute Gasteiger partial charge is 0.549 e. The quantitative estimate of drug-likeness (QED) is 0.0279. The second-order valence-electron chi connectivity index (χ2n) is 14.4. The van der Waals surface area contributed by atoms with Crippen LogP contribution in [0.4, 0.5) is 9.59 Å². The van der Waals surface area contributed by atoms with E-state index < -0.39 is 12.3 Å². The Morgan fingerprint density at radius 1 is 0.271 bits per heavy atom. The number of carbonyl (C=O) groups is 2. The summed E-state index contributed by atoms with van der Waals surface area (Å²) < 4.78 is 9.94. The summed E-state index contributed by atoms with van der Waals surface area (Å²) in [6.45, 7) is 5.10. The van der Waals surface area contributed by atoms with Crippen molar-refractivity contribution in [3.8, 4) is 0 Å². The maximum atomic E-state index is 11.6. The Balaban J connectivity index is 3.25. The van der Waals surface area contributed by atoms with Gasteiger partial charge in [-0.1, -0.05) is 232 Å². The van der Waals surface area contributed by atoms with Crippen molar-refractivity contribution in [2.75, 3.05) is 13.2 Å². The van der Waals surface area contributed by atoms with E-state index in [4.69, 9.17) is 9.47 Å². The first-order valence-electron chi connectivity index (χ1n) is 21.4. The van der Waals surface area contributed by atoms with Crippen LogP contribution in [0.2, 0.25) is 0 Å². The normalized spacial score (nSPS) is 11.1. The van der Waals surface area contributed by atoms with Crippen molar-refractivity contribution in [2.24, 2.45) is 0 Å². The summed E-state index contributed by atoms with van der Waals surface area (Å²) in [5.74, 6) is 0. The summed E-state index contributed by atoms with van der Waals surface area (Å²) in [6.07, 6.45) is 45.3. The van der Waals surface area contributed by atoms with E-state index in [0.717, 1.165) is 38.5 Å². The predicted molar refractivity (Wildman–Crippen MR) is 202 cm³/mol. The van der Waals surface area contributed by atoms with E-state index >= 15 is 0 Å². The third-order valence-corrected chi connectivity index (χ3v) is 9.61. The highest BCUT2D eigenvalue weighted by molar-refractivity contribution is 5.63. The molecule has 0 rings (SSSR count). The standard InChI is InChI=1S/C42H82O6/c1-3-5-7-9-11-13-15-17-19-21-23-25-27-29-31-33-35-37-39-45-41(43)47-48-42(44)46-40-38-36-34-32-30-28-26-24-22-20-18-16-14-12-10-8-6-4-2/h3-40H2,1-2H3. The number of hydrogen-bond donors (Lipinski definition) is 0. The Labute approximate surface area is 298 Å². The molecule has 0 aromatic carbocycles. The fourth-order valence-electron chi connectivity index (χ4n) is 6.43. The molecule has 0 saturated heterocycles. The van der Waals surface area contributed by atoms with E-state index in [9.17, 15) is 9.59 Å². The first kappa shape index (κ1) is 46.5. The highest BCUT2D eigenvalue weighted by Crippen LogP contribution is 2.16. The Kier molecular flexibility index (Phi) is 40.4. The molecule has 0 heterocycles. The maximum Gasteiger partial charge on any atom is 0.549 e. The van der Waals surface area contributed by atoms with Crippen LogP contribution in [0.1, 0.15) is 245 Å². The number of rotatable bonds is 38. The molecule has 0 aromatic heterocycles. The van der Waals surface area contributed by atoms with Gasteiger partial charge >= 0.3 is 12.3 Å². The molecular formula is C42H82O6. The zero-order valence-corrected chi connectivity index (χ0v) is 32.3. The van der Waals surface area contributed by atoms with Crippen LogP contribution in [0, 0.1) is 0 Å². The third-order valence-electron chi connectivity index (χ3n) is 9.61. The van der Waals surface area contributed by atoms with Crippen LogP contribution in [0.5, 0.6) is 0 Å². The SMILES string of the molecule is CCCCCCCCCCCCCCCCCCCCOC(=O)OOC(=O)OCCCCCCCCCCCCCCCCCCCC. The van der Waals surface area contributed by atoms with Gasteiger partial charge in [-0.25, -0.2) is 0 Å². The molecule has 6 nitrogen and oxygen atoms in total. The summed E-state index contributed by atoms with van der Waals surface area (Å²) in [4.78, 5) is 32.0. The molecule has 6 heteroatoms. The lowest BCUT2D eigenvalue weighted by Crippen LogP contribution is -2.14. The smallest absolute Gasteiger partial charge is 0.432 e. The first-order valence-corrected chi connectivity index (χ1v) is 21.4. The molecule has 0 atom stereocenters. The average Bonchev–Trinajstić information content (AvgIpc) is 3.09. The van der Waals surface area contributed by atoms with Crippen LogP contribution in [-0.2, 0) is 19.2 Å². The summed E-state index contributed by atoms with van der Waals surface area (Å²) in [6, 6.07) is 0. The van der Waals surface area contributed by atoms with E-state index in [0.29, 0.717) is 0 Å². The van der Waals surface area contributed by atoms with Gasteiger partial charge in [0.25, 0.3) is 0 Å².